The summed E-state index contributed by atoms with van der Waals surface area (Å²) in [6.45, 7) is 3.51. The maximum Gasteiger partial charge on any atom is 0.345 e. The Labute approximate surface area is 229 Å². The van der Waals surface area contributed by atoms with Crippen LogP contribution >= 0.6 is 0 Å². The number of carbonyl (C=O) groups is 2. The van der Waals surface area contributed by atoms with Gasteiger partial charge in [-0.3, -0.25) is 4.55 Å². The number of aromatic nitrogens is 1. The van der Waals surface area contributed by atoms with Crippen LogP contribution in [0.1, 0.15) is 38.3 Å². The summed E-state index contributed by atoms with van der Waals surface area (Å²) in [6, 6.07) is 11.4. The first-order valence-corrected chi connectivity index (χ1v) is 13.9. The molecule has 0 radical (unpaired) electrons. The van der Waals surface area contributed by atoms with Crippen LogP contribution in [0.15, 0.2) is 42.5 Å². The highest BCUT2D eigenvalue weighted by molar-refractivity contribution is 7.85. The average Bonchev–Trinajstić information content (AvgIpc) is 3.35. The van der Waals surface area contributed by atoms with E-state index in [1.807, 2.05) is 4.57 Å². The number of esters is 1. The van der Waals surface area contributed by atoms with Crippen LogP contribution < -0.4 is 23.5 Å². The van der Waals surface area contributed by atoms with Gasteiger partial charge in [-0.1, -0.05) is 0 Å². The van der Waals surface area contributed by atoms with Gasteiger partial charge in [0.05, 0.1) is 40.8 Å². The summed E-state index contributed by atoms with van der Waals surface area (Å²) in [5.41, 5.74) is 2.38. The summed E-state index contributed by atoms with van der Waals surface area (Å²) < 4.78 is 56.4. The van der Waals surface area contributed by atoms with Gasteiger partial charge in [-0.15, -0.1) is 0 Å². The maximum atomic E-state index is 13.9. The van der Waals surface area contributed by atoms with E-state index < -0.39 is 27.8 Å². The van der Waals surface area contributed by atoms with Crippen LogP contribution in [0.25, 0.3) is 21.8 Å². The van der Waals surface area contributed by atoms with Crippen molar-refractivity contribution in [3.8, 4) is 23.0 Å². The lowest BCUT2D eigenvalue weighted by atomic mass is 10.0. The highest BCUT2D eigenvalue weighted by Crippen LogP contribution is 2.39. The van der Waals surface area contributed by atoms with Gasteiger partial charge in [-0.25, -0.2) is 9.59 Å². The van der Waals surface area contributed by atoms with Gasteiger partial charge in [0.15, 0.2) is 18.0 Å². The molecule has 2 N–H and O–H groups in total. The minimum absolute atomic E-state index is 0.00412. The van der Waals surface area contributed by atoms with Gasteiger partial charge in [0.2, 0.25) is 17.8 Å². The van der Waals surface area contributed by atoms with Crippen molar-refractivity contribution in [2.24, 2.45) is 0 Å². The Bertz CT molecular complexity index is 1790. The van der Waals surface area contributed by atoms with Crippen molar-refractivity contribution in [3.05, 3.63) is 64.7 Å². The van der Waals surface area contributed by atoms with Gasteiger partial charge in [0.1, 0.15) is 11.5 Å². The molecule has 2 heterocycles. The van der Waals surface area contributed by atoms with Gasteiger partial charge < -0.3 is 24.1 Å². The predicted octanol–water partition coefficient (Wildman–Crippen LogP) is 3.83. The Balaban J connectivity index is 1.74. The standard InChI is InChI=1S/C28H25NO10S/c1-15-9-17(27(30)31)10-16(2)26(15)39-28(32)25-19-11-18(36-3)5-6-21(19)29(7-4-8-40(33,34)35)22-13-24-23(12-20(22)25)37-14-38-24/h5-6,9-13H,4,7-8,14H2,1-3H3,(H-,30,31,33,34,35)/p+1. The molecule has 1 aliphatic rings. The lowest BCUT2D eigenvalue weighted by Crippen LogP contribution is -2.37. The predicted molar refractivity (Wildman–Crippen MR) is 143 cm³/mol. The second-order valence-electron chi connectivity index (χ2n) is 9.41. The van der Waals surface area contributed by atoms with Crippen molar-refractivity contribution in [1.82, 2.24) is 0 Å². The molecule has 40 heavy (non-hydrogen) atoms. The SMILES string of the molecule is COc1ccc2c(c1)c(C(=O)Oc1c(C)cc(C(=O)O)cc1C)c1cc3c(cc1[n+]2CCCS(=O)(=O)O)OCO3. The Morgan fingerprint density at radius 3 is 2.25 bits per heavy atom. The number of aromatic carboxylic acids is 1. The monoisotopic (exact) mass is 568 g/mol. The second-order valence-corrected chi connectivity index (χ2v) is 11.0. The number of methoxy groups -OCH3 is 1. The van der Waals surface area contributed by atoms with E-state index in [4.69, 9.17) is 18.9 Å². The molecule has 0 amide bonds. The van der Waals surface area contributed by atoms with E-state index in [-0.39, 0.29) is 36.6 Å². The number of carboxylic acids is 1. The van der Waals surface area contributed by atoms with Gasteiger partial charge in [0, 0.05) is 12.5 Å². The molecule has 0 saturated carbocycles. The van der Waals surface area contributed by atoms with E-state index in [0.717, 1.165) is 0 Å². The fourth-order valence-electron chi connectivity index (χ4n) is 4.95. The first-order chi connectivity index (χ1) is 19.0. The van der Waals surface area contributed by atoms with E-state index in [1.54, 1.807) is 44.2 Å². The minimum atomic E-state index is -4.18. The summed E-state index contributed by atoms with van der Waals surface area (Å²) in [5.74, 6) is -0.634. The number of hydrogen-bond donors (Lipinski definition) is 2. The largest absolute Gasteiger partial charge is 0.497 e. The van der Waals surface area contributed by atoms with Crippen LogP contribution in [0.4, 0.5) is 0 Å². The molecule has 208 valence electrons. The Kier molecular flexibility index (Phi) is 6.98. The number of carbonyl (C=O) groups excluding carboxylic acids is 1. The molecule has 12 heteroatoms. The number of ether oxygens (including phenoxy) is 4. The highest BCUT2D eigenvalue weighted by Gasteiger charge is 2.30. The number of pyridine rings is 1. The molecule has 0 unspecified atom stereocenters. The smallest absolute Gasteiger partial charge is 0.345 e. The van der Waals surface area contributed by atoms with Crippen LogP contribution in [0.3, 0.4) is 0 Å². The molecule has 0 bridgehead atoms. The van der Waals surface area contributed by atoms with Gasteiger partial charge in [0.25, 0.3) is 10.1 Å². The van der Waals surface area contributed by atoms with Crippen LogP contribution in [0, 0.1) is 13.8 Å². The zero-order chi connectivity index (χ0) is 28.8. The minimum Gasteiger partial charge on any atom is -0.497 e. The Hall–Kier alpha value is -4.42. The third kappa shape index (κ3) is 5.10. The van der Waals surface area contributed by atoms with Crippen molar-refractivity contribution in [3.63, 3.8) is 0 Å². The molecule has 0 aliphatic carbocycles. The third-order valence-electron chi connectivity index (χ3n) is 6.71. The first kappa shape index (κ1) is 27.2. The fraction of sp³-hybridized carbons (Fsp3) is 0.250. The number of fused-ring (bicyclic) bond motifs is 3. The third-order valence-corrected chi connectivity index (χ3v) is 7.51. The number of rotatable bonds is 8. The number of nitrogens with zero attached hydrogens (tertiary/aromatic N) is 1. The van der Waals surface area contributed by atoms with Crippen LogP contribution in [-0.4, -0.2) is 49.7 Å². The lowest BCUT2D eigenvalue weighted by Gasteiger charge is -2.15. The normalized spacial score (nSPS) is 12.6. The molecule has 5 rings (SSSR count). The summed E-state index contributed by atoms with van der Waals surface area (Å²) in [6.07, 6.45) is 0.103. The molecule has 0 atom stereocenters. The van der Waals surface area contributed by atoms with Crippen LogP contribution in [-0.2, 0) is 16.7 Å². The van der Waals surface area contributed by atoms with Gasteiger partial charge in [-0.05, 0) is 55.3 Å². The summed E-state index contributed by atoms with van der Waals surface area (Å²) in [7, 11) is -2.69. The Morgan fingerprint density at radius 1 is 0.975 bits per heavy atom. The van der Waals surface area contributed by atoms with E-state index in [2.05, 4.69) is 0 Å². The molecule has 3 aromatic carbocycles. The molecule has 0 spiro atoms. The molecular formula is C28H26NO10S+. The molecule has 0 fully saturated rings. The van der Waals surface area contributed by atoms with Crippen molar-refractivity contribution in [2.75, 3.05) is 19.7 Å². The topological polar surface area (TPSA) is 150 Å². The van der Waals surface area contributed by atoms with E-state index >= 15 is 0 Å². The number of hydrogen-bond acceptors (Lipinski definition) is 8. The molecule has 1 aliphatic heterocycles. The molecule has 1 aromatic heterocycles. The van der Waals surface area contributed by atoms with Crippen molar-refractivity contribution < 1.29 is 51.2 Å². The molecule has 11 nitrogen and oxygen atoms in total. The van der Waals surface area contributed by atoms with Crippen molar-refractivity contribution in [1.29, 1.82) is 0 Å². The maximum absolute atomic E-state index is 13.9. The first-order valence-electron chi connectivity index (χ1n) is 12.3. The van der Waals surface area contributed by atoms with E-state index in [1.165, 1.54) is 19.2 Å². The zero-order valence-corrected chi connectivity index (χ0v) is 22.7. The van der Waals surface area contributed by atoms with Crippen molar-refractivity contribution in [2.45, 2.75) is 26.8 Å². The van der Waals surface area contributed by atoms with Crippen LogP contribution in [0.5, 0.6) is 23.0 Å². The molecule has 0 saturated heterocycles. The quantitative estimate of drug-likeness (QED) is 0.106. The Morgan fingerprint density at radius 2 is 1.62 bits per heavy atom. The van der Waals surface area contributed by atoms with E-state index in [9.17, 15) is 27.7 Å². The molecular weight excluding hydrogens is 542 g/mol. The summed E-state index contributed by atoms with van der Waals surface area (Å²) >= 11 is 0. The number of carboxylic acid groups (broad SMARTS) is 1. The number of aryl methyl sites for hydroxylation is 3. The van der Waals surface area contributed by atoms with Crippen LogP contribution in [0.2, 0.25) is 0 Å². The average molecular weight is 569 g/mol. The van der Waals surface area contributed by atoms with E-state index in [0.29, 0.717) is 50.2 Å². The fourth-order valence-corrected chi connectivity index (χ4v) is 5.45. The second kappa shape index (κ2) is 10.3. The molecule has 4 aromatic rings. The summed E-state index contributed by atoms with van der Waals surface area (Å²) in [5, 5.41) is 10.3. The zero-order valence-electron chi connectivity index (χ0n) is 21.9. The van der Waals surface area contributed by atoms with Gasteiger partial charge in [-0.2, -0.15) is 13.0 Å². The highest BCUT2D eigenvalue weighted by atomic mass is 32.2. The lowest BCUT2D eigenvalue weighted by molar-refractivity contribution is -0.645. The summed E-state index contributed by atoms with van der Waals surface area (Å²) in [4.78, 5) is 25.4. The van der Waals surface area contributed by atoms with Crippen molar-refractivity contribution >= 4 is 43.9 Å². The van der Waals surface area contributed by atoms with Gasteiger partial charge >= 0.3 is 11.9 Å². The number of benzene rings is 3.